The molecule has 1 N–H and O–H groups in total. The molecule has 1 aromatic carbocycles. The summed E-state index contributed by atoms with van der Waals surface area (Å²) in [4.78, 5) is 0. The third kappa shape index (κ3) is 2.63. The average Bonchev–Trinajstić information content (AvgIpc) is 2.79. The Kier molecular flexibility index (Phi) is 3.05. The van der Waals surface area contributed by atoms with Gasteiger partial charge < -0.3 is 14.8 Å². The molecule has 0 spiro atoms. The predicted molar refractivity (Wildman–Crippen MR) is 62.3 cm³/mol. The van der Waals surface area contributed by atoms with Crippen molar-refractivity contribution in [3.8, 4) is 11.5 Å². The Bertz CT molecular complexity index is 488. The lowest BCUT2D eigenvalue weighted by Crippen LogP contribution is -2.30. The number of alkyl halides is 3. The Labute approximate surface area is 108 Å². The molecule has 3 rings (SSSR count). The maximum atomic E-state index is 12.3. The molecule has 1 atom stereocenters. The highest BCUT2D eigenvalue weighted by atomic mass is 19.4. The van der Waals surface area contributed by atoms with Crippen molar-refractivity contribution in [1.82, 2.24) is 5.32 Å². The van der Waals surface area contributed by atoms with E-state index in [-0.39, 0.29) is 19.3 Å². The van der Waals surface area contributed by atoms with E-state index in [2.05, 4.69) is 5.32 Å². The van der Waals surface area contributed by atoms with Crippen LogP contribution in [0.1, 0.15) is 30.0 Å². The van der Waals surface area contributed by atoms with Crippen molar-refractivity contribution in [2.45, 2.75) is 31.5 Å². The molecular formula is C13H14F3NO2. The predicted octanol–water partition coefficient (Wildman–Crippen LogP) is 2.94. The number of halogens is 3. The molecule has 0 aliphatic carbocycles. The zero-order chi connectivity index (χ0) is 13.5. The molecule has 6 heteroatoms. The van der Waals surface area contributed by atoms with E-state index in [0.717, 1.165) is 17.5 Å². The van der Waals surface area contributed by atoms with E-state index >= 15 is 0 Å². The SMILES string of the molecule is FC(F)(F)CCC1NCCc2cc3c(cc21)OCO3. The molecule has 0 bridgehead atoms. The van der Waals surface area contributed by atoms with Gasteiger partial charge in [-0.15, -0.1) is 0 Å². The molecule has 2 aliphatic heterocycles. The maximum absolute atomic E-state index is 12.3. The summed E-state index contributed by atoms with van der Waals surface area (Å²) in [6, 6.07) is 3.43. The van der Waals surface area contributed by atoms with Gasteiger partial charge in [-0.3, -0.25) is 0 Å². The van der Waals surface area contributed by atoms with Crippen molar-refractivity contribution in [3.05, 3.63) is 23.3 Å². The van der Waals surface area contributed by atoms with Crippen molar-refractivity contribution >= 4 is 0 Å². The van der Waals surface area contributed by atoms with Crippen LogP contribution in [0.25, 0.3) is 0 Å². The molecule has 1 unspecified atom stereocenters. The van der Waals surface area contributed by atoms with Crippen LogP contribution in [0, 0.1) is 0 Å². The summed E-state index contributed by atoms with van der Waals surface area (Å²) in [5, 5.41) is 3.14. The fourth-order valence-electron chi connectivity index (χ4n) is 2.60. The van der Waals surface area contributed by atoms with E-state index in [9.17, 15) is 13.2 Å². The normalized spacial score (nSPS) is 21.3. The van der Waals surface area contributed by atoms with Crippen molar-refractivity contribution in [2.75, 3.05) is 13.3 Å². The minimum atomic E-state index is -4.12. The van der Waals surface area contributed by atoms with E-state index in [1.165, 1.54) is 0 Å². The Hall–Kier alpha value is -1.43. The molecule has 2 aliphatic rings. The number of nitrogens with one attached hydrogen (secondary N) is 1. The van der Waals surface area contributed by atoms with Gasteiger partial charge in [-0.1, -0.05) is 0 Å². The smallest absolute Gasteiger partial charge is 0.389 e. The van der Waals surface area contributed by atoms with Gasteiger partial charge in [0.1, 0.15) is 0 Å². The van der Waals surface area contributed by atoms with Gasteiger partial charge >= 0.3 is 6.18 Å². The molecule has 19 heavy (non-hydrogen) atoms. The van der Waals surface area contributed by atoms with Crippen molar-refractivity contribution in [3.63, 3.8) is 0 Å². The molecule has 0 saturated heterocycles. The molecule has 104 valence electrons. The van der Waals surface area contributed by atoms with Gasteiger partial charge in [-0.2, -0.15) is 13.2 Å². The van der Waals surface area contributed by atoms with Gasteiger partial charge in [-0.25, -0.2) is 0 Å². The van der Waals surface area contributed by atoms with Crippen LogP contribution in [0.2, 0.25) is 0 Å². The van der Waals surface area contributed by atoms with E-state index in [1.54, 1.807) is 0 Å². The first-order valence-electron chi connectivity index (χ1n) is 6.25. The number of hydrogen-bond donors (Lipinski definition) is 1. The van der Waals surface area contributed by atoms with Gasteiger partial charge in [0.25, 0.3) is 0 Å². The van der Waals surface area contributed by atoms with Gasteiger partial charge in [-0.05, 0) is 42.6 Å². The van der Waals surface area contributed by atoms with E-state index in [1.807, 2.05) is 12.1 Å². The molecule has 2 heterocycles. The summed E-state index contributed by atoms with van der Waals surface area (Å²) in [6.07, 6.45) is -4.04. The molecule has 3 nitrogen and oxygen atoms in total. The molecule has 1 aromatic rings. The highest BCUT2D eigenvalue weighted by molar-refractivity contribution is 5.50. The zero-order valence-electron chi connectivity index (χ0n) is 10.2. The quantitative estimate of drug-likeness (QED) is 0.898. The van der Waals surface area contributed by atoms with Gasteiger partial charge in [0, 0.05) is 12.5 Å². The minimum absolute atomic E-state index is 0.0517. The highest BCUT2D eigenvalue weighted by Crippen LogP contribution is 2.40. The monoisotopic (exact) mass is 273 g/mol. The first-order valence-corrected chi connectivity index (χ1v) is 6.25. The Morgan fingerprint density at radius 2 is 1.95 bits per heavy atom. The highest BCUT2D eigenvalue weighted by Gasteiger charge is 2.31. The van der Waals surface area contributed by atoms with Crippen LogP contribution in [0.5, 0.6) is 11.5 Å². The number of rotatable bonds is 2. The van der Waals surface area contributed by atoms with Gasteiger partial charge in [0.15, 0.2) is 11.5 Å². The third-order valence-corrected chi connectivity index (χ3v) is 3.51. The first-order chi connectivity index (χ1) is 9.03. The number of hydrogen-bond acceptors (Lipinski definition) is 3. The lowest BCUT2D eigenvalue weighted by Gasteiger charge is -2.27. The second-order valence-corrected chi connectivity index (χ2v) is 4.81. The second-order valence-electron chi connectivity index (χ2n) is 4.81. The average molecular weight is 273 g/mol. The van der Waals surface area contributed by atoms with E-state index < -0.39 is 12.6 Å². The molecule has 0 fully saturated rings. The summed E-state index contributed by atoms with van der Waals surface area (Å²) >= 11 is 0. The summed E-state index contributed by atoms with van der Waals surface area (Å²) in [7, 11) is 0. The van der Waals surface area contributed by atoms with Crippen LogP contribution >= 0.6 is 0 Å². The van der Waals surface area contributed by atoms with Crippen LogP contribution in [0.4, 0.5) is 13.2 Å². The van der Waals surface area contributed by atoms with E-state index in [4.69, 9.17) is 9.47 Å². The topological polar surface area (TPSA) is 30.5 Å². The Balaban J connectivity index is 1.83. The van der Waals surface area contributed by atoms with Crippen LogP contribution in [-0.2, 0) is 6.42 Å². The van der Waals surface area contributed by atoms with Crippen LogP contribution in [-0.4, -0.2) is 19.5 Å². The van der Waals surface area contributed by atoms with Crippen LogP contribution in [0.3, 0.4) is 0 Å². The summed E-state index contributed by atoms with van der Waals surface area (Å²) in [5.74, 6) is 1.31. The molecular weight excluding hydrogens is 259 g/mol. The Morgan fingerprint density at radius 3 is 2.68 bits per heavy atom. The molecule has 0 aromatic heterocycles. The number of benzene rings is 1. The second kappa shape index (κ2) is 4.59. The first kappa shape index (κ1) is 12.6. The lowest BCUT2D eigenvalue weighted by molar-refractivity contribution is -0.136. The zero-order valence-corrected chi connectivity index (χ0v) is 10.2. The number of ether oxygens (including phenoxy) is 2. The van der Waals surface area contributed by atoms with Gasteiger partial charge in [0.2, 0.25) is 6.79 Å². The lowest BCUT2D eigenvalue weighted by atomic mass is 9.91. The summed E-state index contributed by atoms with van der Waals surface area (Å²) in [6.45, 7) is 0.869. The number of fused-ring (bicyclic) bond motifs is 2. The molecule has 0 radical (unpaired) electrons. The summed E-state index contributed by atoms with van der Waals surface area (Å²) < 4.78 is 47.6. The van der Waals surface area contributed by atoms with Crippen molar-refractivity contribution in [2.24, 2.45) is 0 Å². The standard InChI is InChI=1S/C13H14F3NO2/c14-13(15,16)3-1-10-9-6-12-11(18-7-19-12)5-8(9)2-4-17-10/h5-6,10,17H,1-4,7H2. The van der Waals surface area contributed by atoms with Crippen molar-refractivity contribution < 1.29 is 22.6 Å². The van der Waals surface area contributed by atoms with Crippen LogP contribution in [0.15, 0.2) is 12.1 Å². The minimum Gasteiger partial charge on any atom is -0.454 e. The Morgan fingerprint density at radius 1 is 1.21 bits per heavy atom. The maximum Gasteiger partial charge on any atom is 0.389 e. The van der Waals surface area contributed by atoms with Crippen molar-refractivity contribution in [1.29, 1.82) is 0 Å². The third-order valence-electron chi connectivity index (χ3n) is 3.51. The van der Waals surface area contributed by atoms with E-state index in [0.29, 0.717) is 18.0 Å². The summed E-state index contributed by atoms with van der Waals surface area (Å²) in [5.41, 5.74) is 1.95. The fourth-order valence-corrected chi connectivity index (χ4v) is 2.60. The van der Waals surface area contributed by atoms with Crippen LogP contribution < -0.4 is 14.8 Å². The van der Waals surface area contributed by atoms with Gasteiger partial charge in [0.05, 0.1) is 0 Å². The molecule has 0 saturated carbocycles. The fraction of sp³-hybridized carbons (Fsp3) is 0.538. The largest absolute Gasteiger partial charge is 0.454 e. The molecule has 0 amide bonds.